The van der Waals surface area contributed by atoms with Crippen molar-refractivity contribution in [2.24, 2.45) is 0 Å². The first-order valence-electron chi connectivity index (χ1n) is 11.9. The van der Waals surface area contributed by atoms with Crippen molar-refractivity contribution in [2.75, 3.05) is 39.9 Å². The van der Waals surface area contributed by atoms with Gasteiger partial charge in [0.2, 0.25) is 12.3 Å². The molecule has 0 spiro atoms. The lowest BCUT2D eigenvalue weighted by Gasteiger charge is -2.50. The quantitative estimate of drug-likeness (QED) is 0.198. The van der Waals surface area contributed by atoms with Gasteiger partial charge in [-0.1, -0.05) is 44.7 Å². The van der Waals surface area contributed by atoms with E-state index in [2.05, 4.69) is 11.2 Å². The van der Waals surface area contributed by atoms with Crippen LogP contribution < -0.4 is 5.32 Å². The number of carbonyl (C=O) groups excluding carboxylic acids is 3. The van der Waals surface area contributed by atoms with Crippen molar-refractivity contribution in [3.05, 3.63) is 35.6 Å². The van der Waals surface area contributed by atoms with Crippen molar-refractivity contribution in [3.63, 3.8) is 0 Å². The largest absolute Gasteiger partial charge is 0.367 e. The fourth-order valence-corrected chi connectivity index (χ4v) is 3.98. The van der Waals surface area contributed by atoms with Gasteiger partial charge in [-0.15, -0.1) is 6.42 Å². The minimum atomic E-state index is -0.710. The Morgan fingerprint density at radius 3 is 2.66 bits per heavy atom. The Balaban J connectivity index is 2.29. The zero-order chi connectivity index (χ0) is 25.8. The number of nitrogens with one attached hydrogen (secondary N) is 1. The Hall–Kier alpha value is -3.16. The Labute approximate surface area is 207 Å². The van der Waals surface area contributed by atoms with Gasteiger partial charge < -0.3 is 19.9 Å². The fourth-order valence-electron chi connectivity index (χ4n) is 3.98. The molecule has 9 nitrogen and oxygen atoms in total. The van der Waals surface area contributed by atoms with E-state index >= 15 is 0 Å². The van der Waals surface area contributed by atoms with E-state index < -0.39 is 18.2 Å². The topological polar surface area (TPSA) is 85.4 Å². The van der Waals surface area contributed by atoms with E-state index in [0.717, 1.165) is 18.4 Å². The normalized spacial score (nSPS) is 17.9. The van der Waals surface area contributed by atoms with Gasteiger partial charge in [0.15, 0.2) is 0 Å². The van der Waals surface area contributed by atoms with Gasteiger partial charge in [0.25, 0.3) is 0 Å². The predicted molar refractivity (Wildman–Crippen MR) is 130 cm³/mol. The maximum atomic E-state index is 13.4. The van der Waals surface area contributed by atoms with Crippen molar-refractivity contribution in [3.8, 4) is 12.3 Å². The van der Waals surface area contributed by atoms with E-state index in [1.807, 2.05) is 13.8 Å². The van der Waals surface area contributed by atoms with Crippen LogP contribution in [0.4, 0.5) is 9.18 Å². The summed E-state index contributed by atoms with van der Waals surface area (Å²) >= 11 is 0. The van der Waals surface area contributed by atoms with Crippen LogP contribution >= 0.6 is 0 Å². The standard InChI is InChI=1S/C25H36FN5O4/c1-5-8-9-22-24(33)29(14-16-35-15-6-2)18-23(30(22)19-32)31(28(4)7-3)25(34)27-17-20-10-12-21(26)13-11-20/h2,10-13,19,22-23H,5,7-9,14-18H2,1,3-4H3,(H,27,34)/t22-,23?/m0/s1. The highest BCUT2D eigenvalue weighted by Crippen LogP contribution is 2.23. The van der Waals surface area contributed by atoms with Crippen molar-refractivity contribution < 1.29 is 23.5 Å². The van der Waals surface area contributed by atoms with Gasteiger partial charge in [-0.2, -0.15) is 0 Å². The van der Waals surface area contributed by atoms with Crippen molar-refractivity contribution in [1.29, 1.82) is 0 Å². The number of rotatable bonds is 13. The van der Waals surface area contributed by atoms with Gasteiger partial charge in [-0.05, 0) is 24.1 Å². The molecule has 0 aromatic heterocycles. The smallest absolute Gasteiger partial charge is 0.334 e. The summed E-state index contributed by atoms with van der Waals surface area (Å²) < 4.78 is 18.6. The van der Waals surface area contributed by atoms with Gasteiger partial charge in [0.1, 0.15) is 24.6 Å². The highest BCUT2D eigenvalue weighted by Gasteiger charge is 2.44. The molecule has 0 bridgehead atoms. The molecule has 2 atom stereocenters. The van der Waals surface area contributed by atoms with Gasteiger partial charge in [0.05, 0.1) is 13.2 Å². The van der Waals surface area contributed by atoms with Crippen LogP contribution in [0.1, 0.15) is 38.7 Å². The number of halogens is 1. The molecule has 192 valence electrons. The number of amides is 4. The number of nitrogens with zero attached hydrogens (tertiary/aromatic N) is 4. The molecule has 1 saturated heterocycles. The first-order valence-corrected chi connectivity index (χ1v) is 11.9. The number of ether oxygens (including phenoxy) is 1. The second kappa shape index (κ2) is 14.3. The number of hydrogen-bond acceptors (Lipinski definition) is 5. The van der Waals surface area contributed by atoms with Crippen LogP contribution in [0.25, 0.3) is 0 Å². The molecule has 1 aromatic rings. The van der Waals surface area contributed by atoms with Crippen molar-refractivity contribution in [2.45, 2.75) is 51.9 Å². The lowest BCUT2D eigenvalue weighted by atomic mass is 10.0. The number of terminal acetylenes is 1. The average Bonchev–Trinajstić information content (AvgIpc) is 2.86. The Kier molecular flexibility index (Phi) is 11.5. The molecule has 1 aliphatic heterocycles. The van der Waals surface area contributed by atoms with Gasteiger partial charge in [-0.25, -0.2) is 19.2 Å². The summed E-state index contributed by atoms with van der Waals surface area (Å²) in [6, 6.07) is 4.74. The zero-order valence-electron chi connectivity index (χ0n) is 20.8. The van der Waals surface area contributed by atoms with E-state index in [4.69, 9.17) is 11.2 Å². The fraction of sp³-hybridized carbons (Fsp3) is 0.560. The molecule has 0 saturated carbocycles. The molecule has 2 rings (SSSR count). The lowest BCUT2D eigenvalue weighted by molar-refractivity contribution is -0.165. The zero-order valence-corrected chi connectivity index (χ0v) is 20.8. The monoisotopic (exact) mass is 489 g/mol. The second-order valence-electron chi connectivity index (χ2n) is 8.34. The number of piperazine rings is 1. The molecule has 10 heteroatoms. The second-order valence-corrected chi connectivity index (χ2v) is 8.34. The molecular formula is C25H36FN5O4. The first kappa shape index (κ1) is 28.1. The van der Waals surface area contributed by atoms with Crippen LogP contribution in [0.15, 0.2) is 24.3 Å². The molecular weight excluding hydrogens is 453 g/mol. The number of urea groups is 1. The summed E-state index contributed by atoms with van der Waals surface area (Å²) in [5, 5.41) is 6.03. The maximum Gasteiger partial charge on any atom is 0.334 e. The Morgan fingerprint density at radius 2 is 2.06 bits per heavy atom. The Bertz CT molecular complexity index is 876. The molecule has 1 unspecified atom stereocenters. The van der Waals surface area contributed by atoms with Crippen LogP contribution in [-0.4, -0.2) is 90.3 Å². The van der Waals surface area contributed by atoms with Crippen molar-refractivity contribution >= 4 is 18.3 Å². The third-order valence-electron chi connectivity index (χ3n) is 6.00. The van der Waals surface area contributed by atoms with E-state index in [0.29, 0.717) is 25.9 Å². The van der Waals surface area contributed by atoms with E-state index in [1.165, 1.54) is 22.0 Å². The van der Waals surface area contributed by atoms with Crippen LogP contribution in [0.5, 0.6) is 0 Å². The summed E-state index contributed by atoms with van der Waals surface area (Å²) in [6.07, 6.45) is 7.29. The first-order chi connectivity index (χ1) is 16.9. The highest BCUT2D eigenvalue weighted by molar-refractivity contribution is 5.85. The predicted octanol–water partition coefficient (Wildman–Crippen LogP) is 2.04. The molecule has 1 fully saturated rings. The summed E-state index contributed by atoms with van der Waals surface area (Å²) in [7, 11) is 1.75. The third-order valence-corrected chi connectivity index (χ3v) is 6.00. The molecule has 1 aliphatic rings. The number of benzene rings is 1. The Morgan fingerprint density at radius 1 is 1.34 bits per heavy atom. The van der Waals surface area contributed by atoms with Crippen LogP contribution in [0.3, 0.4) is 0 Å². The molecule has 0 radical (unpaired) electrons. The van der Waals surface area contributed by atoms with Crippen LogP contribution in [-0.2, 0) is 20.9 Å². The number of hydrazine groups is 1. The summed E-state index contributed by atoms with van der Waals surface area (Å²) in [5.41, 5.74) is 0.734. The van der Waals surface area contributed by atoms with Crippen LogP contribution in [0.2, 0.25) is 0 Å². The number of carbonyl (C=O) groups is 3. The molecule has 1 heterocycles. The molecule has 1 aromatic carbocycles. The van der Waals surface area contributed by atoms with Crippen molar-refractivity contribution in [1.82, 2.24) is 25.1 Å². The SMILES string of the molecule is C#CCOCCN1CC(N(C(=O)NCc2ccc(F)cc2)N(C)CC)N(C=O)[C@@H](CCCC)C1=O. The average molecular weight is 490 g/mol. The van der Waals surface area contributed by atoms with E-state index in [1.54, 1.807) is 29.1 Å². The molecule has 0 aliphatic carbocycles. The highest BCUT2D eigenvalue weighted by atomic mass is 19.1. The number of hydrogen-bond donors (Lipinski definition) is 1. The van der Waals surface area contributed by atoms with Crippen LogP contribution in [0, 0.1) is 18.2 Å². The molecule has 35 heavy (non-hydrogen) atoms. The summed E-state index contributed by atoms with van der Waals surface area (Å²) in [4.78, 5) is 41.9. The van der Waals surface area contributed by atoms with E-state index in [-0.39, 0.29) is 38.0 Å². The van der Waals surface area contributed by atoms with Gasteiger partial charge in [-0.3, -0.25) is 9.59 Å². The minimum Gasteiger partial charge on any atom is -0.367 e. The third kappa shape index (κ3) is 7.67. The number of unbranched alkanes of at least 4 members (excludes halogenated alkanes) is 1. The van der Waals surface area contributed by atoms with Gasteiger partial charge >= 0.3 is 6.03 Å². The molecule has 1 N–H and O–H groups in total. The summed E-state index contributed by atoms with van der Waals surface area (Å²) in [5.74, 6) is 1.87. The van der Waals surface area contributed by atoms with E-state index in [9.17, 15) is 18.8 Å². The maximum absolute atomic E-state index is 13.4. The molecule has 4 amide bonds. The summed E-state index contributed by atoms with van der Waals surface area (Å²) in [6.45, 7) is 5.41. The van der Waals surface area contributed by atoms with Gasteiger partial charge in [0, 0.05) is 26.7 Å². The lowest BCUT2D eigenvalue weighted by Crippen LogP contribution is -2.70. The minimum absolute atomic E-state index is 0.133.